The van der Waals surface area contributed by atoms with E-state index < -0.39 is 19.9 Å². The topological polar surface area (TPSA) is 163 Å². The number of aryl methyl sites for hydroxylation is 1. The molecule has 0 aliphatic heterocycles. The minimum absolute atomic E-state index is 0.0133. The van der Waals surface area contributed by atoms with Crippen LogP contribution >= 0.6 is 22.7 Å². The first-order valence-corrected chi connectivity index (χ1v) is 25.7. The molecule has 7 rings (SSSR count). The van der Waals surface area contributed by atoms with Crippen LogP contribution in [-0.4, -0.2) is 76.8 Å². The third-order valence-electron chi connectivity index (χ3n) is 12.3. The monoisotopic (exact) mass is 883 g/mol. The average Bonchev–Trinajstić information content (AvgIpc) is 4.06. The number of H-pyrrole nitrogens is 1. The number of phenols is 1. The van der Waals surface area contributed by atoms with Crippen molar-refractivity contribution in [1.82, 2.24) is 25.3 Å². The van der Waals surface area contributed by atoms with E-state index in [0.29, 0.717) is 52.5 Å². The lowest BCUT2D eigenvalue weighted by molar-refractivity contribution is -0.169. The molecule has 1 atom stereocenters. The summed E-state index contributed by atoms with van der Waals surface area (Å²) in [7, 11) is -0.0644. The van der Waals surface area contributed by atoms with Crippen LogP contribution in [0.25, 0.3) is 22.3 Å². The number of hydrogen-bond donors (Lipinski definition) is 4. The maximum absolute atomic E-state index is 13.4. The molecule has 4 N–H and O–H groups in total. The number of ether oxygens (including phenoxy) is 1. The first kappa shape index (κ1) is 44.6. The second-order valence-electron chi connectivity index (χ2n) is 17.6. The Labute approximate surface area is 366 Å². The Morgan fingerprint density at radius 1 is 1.00 bits per heavy atom. The zero-order chi connectivity index (χ0) is 43.4. The number of aromatic hydroxyl groups is 1. The van der Waals surface area contributed by atoms with E-state index in [1.807, 2.05) is 41.1 Å². The van der Waals surface area contributed by atoms with Crippen LogP contribution in [0.15, 0.2) is 92.9 Å². The molecule has 1 saturated carbocycles. The van der Waals surface area contributed by atoms with Gasteiger partial charge in [-0.15, -0.1) is 22.7 Å². The van der Waals surface area contributed by atoms with Gasteiger partial charge in [0, 0.05) is 42.6 Å². The molecule has 12 nitrogen and oxygen atoms in total. The predicted molar refractivity (Wildman–Crippen MR) is 243 cm³/mol. The molecule has 0 unspecified atom stereocenters. The van der Waals surface area contributed by atoms with Crippen LogP contribution in [0.2, 0.25) is 18.1 Å². The summed E-state index contributed by atoms with van der Waals surface area (Å²) in [6, 6.07) is 22.5. The van der Waals surface area contributed by atoms with Crippen molar-refractivity contribution in [3.05, 3.63) is 121 Å². The van der Waals surface area contributed by atoms with Crippen molar-refractivity contribution in [3.63, 3.8) is 0 Å². The van der Waals surface area contributed by atoms with Gasteiger partial charge >= 0.3 is 5.97 Å². The number of aliphatic hydroxyl groups is 1. The molecule has 6 aromatic rings. The van der Waals surface area contributed by atoms with Crippen molar-refractivity contribution in [1.29, 1.82) is 0 Å². The zero-order valence-corrected chi connectivity index (χ0v) is 38.4. The van der Waals surface area contributed by atoms with Crippen molar-refractivity contribution in [3.8, 4) is 17.1 Å². The van der Waals surface area contributed by atoms with Gasteiger partial charge in [-0.3, -0.25) is 4.79 Å². The van der Waals surface area contributed by atoms with Gasteiger partial charge in [-0.05, 0) is 110 Å². The van der Waals surface area contributed by atoms with Crippen LogP contribution in [0.4, 0.5) is 0 Å². The largest absolute Gasteiger partial charge is 0.506 e. The molecule has 1 fully saturated rings. The molecule has 0 amide bonds. The van der Waals surface area contributed by atoms with Crippen molar-refractivity contribution in [2.24, 2.45) is 0 Å². The lowest BCUT2D eigenvalue weighted by Gasteiger charge is -2.39. The first-order chi connectivity index (χ1) is 29.1. The minimum Gasteiger partial charge on any atom is -0.506 e. The molecule has 61 heavy (non-hydrogen) atoms. The summed E-state index contributed by atoms with van der Waals surface area (Å²) in [5.41, 5.74) is 1.24. The molecule has 324 valence electrons. The van der Waals surface area contributed by atoms with E-state index in [9.17, 15) is 19.8 Å². The average molecular weight is 884 g/mol. The Bertz CT molecular complexity index is 2380. The third kappa shape index (κ3) is 10.3. The Hall–Kier alpha value is -4.48. The molecule has 1 aliphatic rings. The molecule has 0 spiro atoms. The van der Waals surface area contributed by atoms with Crippen LogP contribution < -0.4 is 10.9 Å². The molecule has 4 heterocycles. The molecule has 4 aromatic heterocycles. The van der Waals surface area contributed by atoms with Gasteiger partial charge in [0.25, 0.3) is 0 Å². The van der Waals surface area contributed by atoms with Gasteiger partial charge in [0.1, 0.15) is 11.9 Å². The van der Waals surface area contributed by atoms with Gasteiger partial charge < -0.3 is 39.1 Å². The fraction of sp³-hybridized carbons (Fsp3) is 0.435. The number of carbonyl (C=O) groups excluding carboxylic acids is 1. The van der Waals surface area contributed by atoms with E-state index in [4.69, 9.17) is 18.7 Å². The standard InChI is InChI=1S/C46H57N5O7S2Si/c1-45(2,3)61(5,6)58-37(34-21-23-36(52)42-35(34)22-24-40(53)48-42)29-47-28-30-13-15-31(16-14-30)43-49-41(57-50-43)12-7-25-51(4)32-17-19-33(20-18-32)56-44(54)46(55,38-10-8-26-59-38)39-11-9-27-60-39/h8-11,13-16,21-24,26-27,32-33,37,47,52,55H,7,12,17-20,25,28-29H2,1-6H3,(H,48,53)/t32-,33-,37-/m0/s1. The second kappa shape index (κ2) is 18.9. The lowest BCUT2D eigenvalue weighted by atomic mass is 9.91. The van der Waals surface area contributed by atoms with Crippen molar-refractivity contribution in [2.75, 3.05) is 20.1 Å². The van der Waals surface area contributed by atoms with Crippen molar-refractivity contribution in [2.45, 2.75) is 108 Å². The fourth-order valence-corrected chi connectivity index (χ4v) is 10.7. The summed E-state index contributed by atoms with van der Waals surface area (Å²) in [6.07, 6.45) is 4.32. The van der Waals surface area contributed by atoms with E-state index in [-0.39, 0.29) is 28.6 Å². The smallest absolute Gasteiger partial charge is 0.349 e. The quantitative estimate of drug-likeness (QED) is 0.0511. The summed E-state index contributed by atoms with van der Waals surface area (Å²) < 4.78 is 18.6. The number of carbonyl (C=O) groups is 1. The van der Waals surface area contributed by atoms with Crippen LogP contribution in [-0.2, 0) is 32.5 Å². The van der Waals surface area contributed by atoms with E-state index in [1.54, 1.807) is 24.3 Å². The molecule has 15 heteroatoms. The number of nitrogens with zero attached hydrogens (tertiary/aromatic N) is 3. The van der Waals surface area contributed by atoms with Crippen LogP contribution in [0.1, 0.15) is 85.8 Å². The number of rotatable bonds is 17. The summed E-state index contributed by atoms with van der Waals surface area (Å²) in [5.74, 6) is 0.588. The number of esters is 1. The second-order valence-corrected chi connectivity index (χ2v) is 24.2. The van der Waals surface area contributed by atoms with Gasteiger partial charge in [-0.25, -0.2) is 4.79 Å². The Morgan fingerprint density at radius 2 is 1.69 bits per heavy atom. The highest BCUT2D eigenvalue weighted by molar-refractivity contribution is 7.12. The third-order valence-corrected chi connectivity index (χ3v) is 18.8. The number of pyridine rings is 1. The van der Waals surface area contributed by atoms with Gasteiger partial charge in [0.05, 0.1) is 21.4 Å². The van der Waals surface area contributed by atoms with Gasteiger partial charge in [-0.1, -0.05) is 68.4 Å². The number of phenolic OH excluding ortho intramolecular Hbond substituents is 1. The SMILES string of the molecule is CN(CCCc1nc(-c2ccc(CNC[C@H](O[Si](C)(C)C(C)(C)C)c3ccc(O)c4[nH]c(=O)ccc34)cc2)no1)[C@H]1CC[C@H](OC(=O)C(O)(c2cccs2)c2cccs2)CC1. The van der Waals surface area contributed by atoms with Crippen molar-refractivity contribution >= 4 is 47.9 Å². The summed E-state index contributed by atoms with van der Waals surface area (Å²) in [6.45, 7) is 13.1. The number of aromatic nitrogens is 3. The van der Waals surface area contributed by atoms with Gasteiger partial charge in [0.2, 0.25) is 22.9 Å². The number of fused-ring (bicyclic) bond motifs is 1. The van der Waals surface area contributed by atoms with Gasteiger partial charge in [-0.2, -0.15) is 4.98 Å². The molecule has 0 bridgehead atoms. The van der Waals surface area contributed by atoms with E-state index in [0.717, 1.165) is 60.7 Å². The Kier molecular flexibility index (Phi) is 13.8. The number of aromatic amines is 1. The minimum atomic E-state index is -2.20. The highest BCUT2D eigenvalue weighted by Crippen LogP contribution is 2.42. The highest BCUT2D eigenvalue weighted by atomic mass is 32.1. The summed E-state index contributed by atoms with van der Waals surface area (Å²) >= 11 is 2.70. The highest BCUT2D eigenvalue weighted by Gasteiger charge is 2.45. The van der Waals surface area contributed by atoms with Gasteiger partial charge in [0.15, 0.2) is 8.32 Å². The maximum Gasteiger partial charge on any atom is 0.349 e. The van der Waals surface area contributed by atoms with Crippen LogP contribution in [0, 0.1) is 0 Å². The van der Waals surface area contributed by atoms with E-state index in [2.05, 4.69) is 73.4 Å². The van der Waals surface area contributed by atoms with Crippen molar-refractivity contribution < 1.29 is 28.7 Å². The first-order valence-electron chi connectivity index (χ1n) is 21.0. The number of nitrogens with one attached hydrogen (secondary N) is 2. The van der Waals surface area contributed by atoms with Crippen LogP contribution in [0.5, 0.6) is 5.75 Å². The predicted octanol–water partition coefficient (Wildman–Crippen LogP) is 8.91. The lowest BCUT2D eigenvalue weighted by Crippen LogP contribution is -2.43. The molecular weight excluding hydrogens is 827 g/mol. The normalized spacial score (nSPS) is 16.9. The molecule has 0 saturated heterocycles. The molecular formula is C46H57N5O7S2Si. The Morgan fingerprint density at radius 3 is 2.33 bits per heavy atom. The van der Waals surface area contributed by atoms with E-state index >= 15 is 0 Å². The number of benzene rings is 2. The Balaban J connectivity index is 0.878. The maximum atomic E-state index is 13.4. The van der Waals surface area contributed by atoms with E-state index in [1.165, 1.54) is 28.7 Å². The fourth-order valence-electron chi connectivity index (χ4n) is 7.67. The summed E-state index contributed by atoms with van der Waals surface area (Å²) in [5, 5.41) is 34.4. The summed E-state index contributed by atoms with van der Waals surface area (Å²) in [4.78, 5) is 36.5. The molecule has 2 aromatic carbocycles. The number of thiophene rings is 2. The molecule has 1 aliphatic carbocycles. The molecule has 0 radical (unpaired) electrons. The zero-order valence-electron chi connectivity index (χ0n) is 35.8. The number of hydrogen-bond acceptors (Lipinski definition) is 13. The van der Waals surface area contributed by atoms with Crippen LogP contribution in [0.3, 0.4) is 0 Å².